The third kappa shape index (κ3) is 3.92. The number of carboxylic acids is 1. The van der Waals surface area contributed by atoms with E-state index in [4.69, 9.17) is 5.11 Å². The number of hydrogen-bond donors (Lipinski definition) is 2. The molecule has 0 fully saturated rings. The Kier molecular flexibility index (Phi) is 4.57. The van der Waals surface area contributed by atoms with Gasteiger partial charge in [0.2, 0.25) is 5.13 Å². The summed E-state index contributed by atoms with van der Waals surface area (Å²) in [5, 5.41) is 16.0. The molecule has 0 radical (unpaired) electrons. The number of carbonyl (C=O) groups is 1. The number of hydrogen-bond acceptors (Lipinski definition) is 7. The van der Waals surface area contributed by atoms with Gasteiger partial charge in [0.15, 0.2) is 4.34 Å². The molecule has 20 heavy (non-hydrogen) atoms. The van der Waals surface area contributed by atoms with Crippen molar-refractivity contribution in [2.75, 3.05) is 10.5 Å². The van der Waals surface area contributed by atoms with E-state index in [0.717, 1.165) is 23.1 Å². The van der Waals surface area contributed by atoms with Gasteiger partial charge in [-0.2, -0.15) is 0 Å². The van der Waals surface area contributed by atoms with Crippen LogP contribution in [0.3, 0.4) is 0 Å². The maximum atomic E-state index is 12.0. The predicted octanol–water partition coefficient (Wildman–Crippen LogP) is 1.52. The van der Waals surface area contributed by atoms with Gasteiger partial charge >= 0.3 is 5.97 Å². The van der Waals surface area contributed by atoms with Gasteiger partial charge in [-0.15, -0.1) is 10.2 Å². The van der Waals surface area contributed by atoms with Crippen molar-refractivity contribution in [3.63, 3.8) is 0 Å². The number of rotatable bonds is 6. The monoisotopic (exact) mass is 331 g/mol. The summed E-state index contributed by atoms with van der Waals surface area (Å²) < 4.78 is 26.7. The highest BCUT2D eigenvalue weighted by Crippen LogP contribution is 2.26. The lowest BCUT2D eigenvalue weighted by atomic mass is 10.4. The van der Waals surface area contributed by atoms with Crippen LogP contribution in [0, 0.1) is 0 Å². The number of sulfonamides is 1. The summed E-state index contributed by atoms with van der Waals surface area (Å²) in [6, 6.07) is 7.86. The minimum atomic E-state index is -3.70. The van der Waals surface area contributed by atoms with Crippen LogP contribution in [0.5, 0.6) is 0 Å². The molecule has 0 saturated heterocycles. The summed E-state index contributed by atoms with van der Waals surface area (Å²) in [4.78, 5) is 10.5. The third-order valence-corrected chi connectivity index (χ3v) is 5.44. The SMILES string of the molecule is O=C(O)CSc1nnc(NS(=O)(=O)c2ccccc2)s1. The third-order valence-electron chi connectivity index (χ3n) is 2.00. The Balaban J connectivity index is 2.09. The summed E-state index contributed by atoms with van der Waals surface area (Å²) in [5.74, 6) is -1.13. The number of aromatic nitrogens is 2. The van der Waals surface area contributed by atoms with Crippen LogP contribution in [0.2, 0.25) is 0 Å². The Bertz CT molecular complexity index is 700. The van der Waals surface area contributed by atoms with Crippen LogP contribution in [0.4, 0.5) is 5.13 Å². The second-order valence-electron chi connectivity index (χ2n) is 3.47. The number of nitrogens with zero attached hydrogens (tertiary/aromatic N) is 2. The van der Waals surface area contributed by atoms with Crippen molar-refractivity contribution in [2.24, 2.45) is 0 Å². The smallest absolute Gasteiger partial charge is 0.313 e. The molecule has 1 aromatic heterocycles. The Labute approximate surface area is 123 Å². The van der Waals surface area contributed by atoms with Gasteiger partial charge in [-0.1, -0.05) is 41.3 Å². The number of anilines is 1. The van der Waals surface area contributed by atoms with Crippen LogP contribution in [0.15, 0.2) is 39.6 Å². The molecule has 1 aromatic carbocycles. The number of nitrogens with one attached hydrogen (secondary N) is 1. The number of thioether (sulfide) groups is 1. The fraction of sp³-hybridized carbons (Fsp3) is 0.100. The van der Waals surface area contributed by atoms with Crippen LogP contribution in [-0.4, -0.2) is 35.4 Å². The first-order valence-electron chi connectivity index (χ1n) is 5.23. The molecule has 7 nitrogen and oxygen atoms in total. The number of carboxylic acid groups (broad SMARTS) is 1. The van der Waals surface area contributed by atoms with E-state index in [1.807, 2.05) is 0 Å². The fourth-order valence-corrected chi connectivity index (χ4v) is 3.93. The zero-order chi connectivity index (χ0) is 14.6. The minimum absolute atomic E-state index is 0.0988. The Morgan fingerprint density at radius 3 is 2.65 bits per heavy atom. The lowest BCUT2D eigenvalue weighted by Gasteiger charge is -2.03. The van der Waals surface area contributed by atoms with E-state index in [-0.39, 0.29) is 15.8 Å². The minimum Gasteiger partial charge on any atom is -0.481 e. The first-order chi connectivity index (χ1) is 9.47. The average molecular weight is 331 g/mol. The van der Waals surface area contributed by atoms with E-state index in [2.05, 4.69) is 14.9 Å². The van der Waals surface area contributed by atoms with Crippen molar-refractivity contribution in [2.45, 2.75) is 9.24 Å². The highest BCUT2D eigenvalue weighted by molar-refractivity contribution is 8.01. The Hall–Kier alpha value is -1.65. The topological polar surface area (TPSA) is 109 Å². The van der Waals surface area contributed by atoms with Gasteiger partial charge in [-0.3, -0.25) is 9.52 Å². The zero-order valence-electron chi connectivity index (χ0n) is 9.88. The zero-order valence-corrected chi connectivity index (χ0v) is 12.3. The maximum Gasteiger partial charge on any atom is 0.313 e. The van der Waals surface area contributed by atoms with Crippen molar-refractivity contribution >= 4 is 44.2 Å². The van der Waals surface area contributed by atoms with Gasteiger partial charge in [0.1, 0.15) is 0 Å². The van der Waals surface area contributed by atoms with E-state index in [1.165, 1.54) is 12.1 Å². The molecule has 0 bridgehead atoms. The summed E-state index contributed by atoms with van der Waals surface area (Å²) in [7, 11) is -3.70. The highest BCUT2D eigenvalue weighted by atomic mass is 32.2. The lowest BCUT2D eigenvalue weighted by Crippen LogP contribution is -2.12. The molecule has 0 amide bonds. The Morgan fingerprint density at radius 1 is 1.30 bits per heavy atom. The molecular weight excluding hydrogens is 322 g/mol. The van der Waals surface area contributed by atoms with Gasteiger partial charge in [0.25, 0.3) is 10.0 Å². The Morgan fingerprint density at radius 2 is 2.00 bits per heavy atom. The summed E-state index contributed by atoms with van der Waals surface area (Å²) >= 11 is 1.97. The summed E-state index contributed by atoms with van der Waals surface area (Å²) in [5.41, 5.74) is 0. The summed E-state index contributed by atoms with van der Waals surface area (Å²) in [6.45, 7) is 0. The van der Waals surface area contributed by atoms with Gasteiger partial charge in [-0.05, 0) is 12.1 Å². The van der Waals surface area contributed by atoms with E-state index >= 15 is 0 Å². The van der Waals surface area contributed by atoms with Crippen molar-refractivity contribution in [1.29, 1.82) is 0 Å². The first kappa shape index (κ1) is 14.8. The molecule has 1 heterocycles. The molecule has 2 N–H and O–H groups in total. The summed E-state index contributed by atoms with van der Waals surface area (Å²) in [6.07, 6.45) is 0. The van der Waals surface area contributed by atoms with E-state index < -0.39 is 16.0 Å². The van der Waals surface area contributed by atoms with E-state index in [9.17, 15) is 13.2 Å². The predicted molar refractivity (Wildman–Crippen MR) is 75.5 cm³/mol. The normalized spacial score (nSPS) is 11.2. The van der Waals surface area contributed by atoms with E-state index in [0.29, 0.717) is 4.34 Å². The highest BCUT2D eigenvalue weighted by Gasteiger charge is 2.16. The number of aliphatic carboxylic acids is 1. The van der Waals surface area contributed by atoms with Crippen molar-refractivity contribution in [3.05, 3.63) is 30.3 Å². The maximum absolute atomic E-state index is 12.0. The molecule has 10 heteroatoms. The molecule has 0 aliphatic rings. The van der Waals surface area contributed by atoms with Gasteiger partial charge < -0.3 is 5.11 Å². The molecule has 0 saturated carbocycles. The van der Waals surface area contributed by atoms with Gasteiger partial charge in [-0.25, -0.2) is 8.42 Å². The van der Waals surface area contributed by atoms with Crippen LogP contribution >= 0.6 is 23.1 Å². The molecule has 0 spiro atoms. The molecule has 0 unspecified atom stereocenters. The van der Waals surface area contributed by atoms with Crippen LogP contribution in [0.1, 0.15) is 0 Å². The molecular formula is C10H9N3O4S3. The molecule has 2 rings (SSSR count). The van der Waals surface area contributed by atoms with Gasteiger partial charge in [0.05, 0.1) is 10.6 Å². The van der Waals surface area contributed by atoms with Crippen LogP contribution in [-0.2, 0) is 14.8 Å². The van der Waals surface area contributed by atoms with E-state index in [1.54, 1.807) is 18.2 Å². The van der Waals surface area contributed by atoms with Crippen LogP contribution in [0.25, 0.3) is 0 Å². The number of benzene rings is 1. The van der Waals surface area contributed by atoms with Crippen LogP contribution < -0.4 is 4.72 Å². The first-order valence-corrected chi connectivity index (χ1v) is 8.52. The average Bonchev–Trinajstić information content (AvgIpc) is 2.84. The molecule has 0 aliphatic heterocycles. The second-order valence-corrected chi connectivity index (χ2v) is 7.36. The molecule has 0 atom stereocenters. The van der Waals surface area contributed by atoms with Gasteiger partial charge in [0, 0.05) is 0 Å². The lowest BCUT2D eigenvalue weighted by molar-refractivity contribution is -0.133. The molecule has 106 valence electrons. The molecule has 0 aliphatic carbocycles. The van der Waals surface area contributed by atoms with Crippen molar-refractivity contribution < 1.29 is 18.3 Å². The van der Waals surface area contributed by atoms with Crippen molar-refractivity contribution in [1.82, 2.24) is 10.2 Å². The quantitative estimate of drug-likeness (QED) is 0.772. The largest absolute Gasteiger partial charge is 0.481 e. The second kappa shape index (κ2) is 6.20. The standard InChI is InChI=1S/C10H9N3O4S3/c14-8(15)6-18-10-12-11-9(19-10)13-20(16,17)7-4-2-1-3-5-7/h1-5H,6H2,(H,11,13)(H,14,15). The molecule has 2 aromatic rings. The fourth-order valence-electron chi connectivity index (χ4n) is 1.21. The van der Waals surface area contributed by atoms with Crippen molar-refractivity contribution in [3.8, 4) is 0 Å².